The van der Waals surface area contributed by atoms with Gasteiger partial charge in [-0.15, -0.1) is 6.58 Å². The van der Waals surface area contributed by atoms with Crippen LogP contribution in [0.1, 0.15) is 0 Å². The third kappa shape index (κ3) is 2.90. The van der Waals surface area contributed by atoms with E-state index >= 15 is 0 Å². The van der Waals surface area contributed by atoms with Crippen LogP contribution in [0, 0.1) is 0 Å². The summed E-state index contributed by atoms with van der Waals surface area (Å²) < 4.78 is 1.80. The Labute approximate surface area is 121 Å². The Morgan fingerprint density at radius 2 is 2.00 bits per heavy atom. The highest BCUT2D eigenvalue weighted by Gasteiger charge is 2.17. The van der Waals surface area contributed by atoms with Crippen LogP contribution in [-0.2, 0) is 6.54 Å². The Balaban J connectivity index is 2.53. The van der Waals surface area contributed by atoms with Crippen LogP contribution in [0.3, 0.4) is 0 Å². The average molecular weight is 298 g/mol. The molecular formula is C12H16ClN5O2. The van der Waals surface area contributed by atoms with Crippen molar-refractivity contribution in [3.8, 4) is 0 Å². The Hall–Kier alpha value is -1.70. The normalized spacial score (nSPS) is 10.9. The van der Waals surface area contributed by atoms with Crippen LogP contribution in [0.2, 0.25) is 5.28 Å². The molecule has 2 N–H and O–H groups in total. The highest BCUT2D eigenvalue weighted by molar-refractivity contribution is 6.28. The minimum absolute atomic E-state index is 0.0590. The maximum absolute atomic E-state index is 9.12. The molecule has 0 aliphatic rings. The lowest BCUT2D eigenvalue weighted by Gasteiger charge is -2.21. The third-order valence-corrected chi connectivity index (χ3v) is 2.95. The van der Waals surface area contributed by atoms with Crippen molar-refractivity contribution < 1.29 is 10.2 Å². The van der Waals surface area contributed by atoms with Crippen molar-refractivity contribution in [2.24, 2.45) is 0 Å². The summed E-state index contributed by atoms with van der Waals surface area (Å²) in [5, 5.41) is 18.3. The van der Waals surface area contributed by atoms with Gasteiger partial charge in [0.1, 0.15) is 0 Å². The Morgan fingerprint density at radius 1 is 1.30 bits per heavy atom. The lowest BCUT2D eigenvalue weighted by molar-refractivity contribution is 0.281. The van der Waals surface area contributed by atoms with Gasteiger partial charge in [-0.1, -0.05) is 6.08 Å². The zero-order chi connectivity index (χ0) is 14.5. The summed E-state index contributed by atoms with van der Waals surface area (Å²) in [6.07, 6.45) is 3.37. The predicted octanol–water partition coefficient (Wildman–Crippen LogP) is 0.457. The smallest absolute Gasteiger partial charge is 0.226 e. The quantitative estimate of drug-likeness (QED) is 0.570. The van der Waals surface area contributed by atoms with E-state index in [1.807, 2.05) is 0 Å². The molecule has 0 aromatic carbocycles. The number of hydrogen-bond donors (Lipinski definition) is 2. The maximum atomic E-state index is 9.12. The molecule has 0 spiro atoms. The summed E-state index contributed by atoms with van der Waals surface area (Å²) in [6, 6.07) is 0. The van der Waals surface area contributed by atoms with Crippen molar-refractivity contribution in [1.82, 2.24) is 19.5 Å². The molecule has 2 aromatic rings. The van der Waals surface area contributed by atoms with Crippen molar-refractivity contribution in [2.45, 2.75) is 6.54 Å². The van der Waals surface area contributed by atoms with Crippen LogP contribution in [0.4, 0.5) is 5.82 Å². The van der Waals surface area contributed by atoms with Crippen molar-refractivity contribution in [3.05, 3.63) is 24.3 Å². The fourth-order valence-corrected chi connectivity index (χ4v) is 2.12. The van der Waals surface area contributed by atoms with Gasteiger partial charge in [0.25, 0.3) is 0 Å². The molecule has 20 heavy (non-hydrogen) atoms. The number of rotatable bonds is 7. The van der Waals surface area contributed by atoms with Gasteiger partial charge in [-0.3, -0.25) is 0 Å². The number of aliphatic hydroxyl groups is 2. The zero-order valence-electron chi connectivity index (χ0n) is 10.9. The summed E-state index contributed by atoms with van der Waals surface area (Å²) in [7, 11) is 0. The number of nitrogens with zero attached hydrogens (tertiary/aromatic N) is 5. The number of fused-ring (bicyclic) bond motifs is 1. The van der Waals surface area contributed by atoms with Gasteiger partial charge in [0, 0.05) is 19.6 Å². The van der Waals surface area contributed by atoms with Crippen LogP contribution in [0.25, 0.3) is 11.2 Å². The summed E-state index contributed by atoms with van der Waals surface area (Å²) in [6.45, 7) is 4.78. The molecular weight excluding hydrogens is 282 g/mol. The Kier molecular flexibility index (Phi) is 4.89. The Bertz CT molecular complexity index is 595. The second-order valence-corrected chi connectivity index (χ2v) is 4.45. The van der Waals surface area contributed by atoms with Gasteiger partial charge in [0.15, 0.2) is 17.0 Å². The van der Waals surface area contributed by atoms with E-state index in [9.17, 15) is 0 Å². The molecule has 2 heterocycles. The van der Waals surface area contributed by atoms with Crippen LogP contribution < -0.4 is 4.90 Å². The molecule has 0 unspecified atom stereocenters. The predicted molar refractivity (Wildman–Crippen MR) is 76.9 cm³/mol. The van der Waals surface area contributed by atoms with E-state index in [4.69, 9.17) is 21.8 Å². The molecule has 0 saturated carbocycles. The van der Waals surface area contributed by atoms with Gasteiger partial charge in [0.05, 0.1) is 19.5 Å². The zero-order valence-corrected chi connectivity index (χ0v) is 11.7. The molecule has 0 radical (unpaired) electrons. The molecule has 0 fully saturated rings. The van der Waals surface area contributed by atoms with Crippen molar-refractivity contribution in [1.29, 1.82) is 0 Å². The number of aliphatic hydroxyl groups excluding tert-OH is 2. The molecule has 0 saturated heterocycles. The average Bonchev–Trinajstić information content (AvgIpc) is 2.81. The van der Waals surface area contributed by atoms with Crippen LogP contribution in [0.5, 0.6) is 0 Å². The van der Waals surface area contributed by atoms with Crippen LogP contribution >= 0.6 is 11.6 Å². The first-order chi connectivity index (χ1) is 9.71. The minimum Gasteiger partial charge on any atom is -0.395 e. The van der Waals surface area contributed by atoms with Gasteiger partial charge < -0.3 is 19.7 Å². The molecule has 0 amide bonds. The molecule has 0 aliphatic heterocycles. The van der Waals surface area contributed by atoms with Crippen molar-refractivity contribution in [3.63, 3.8) is 0 Å². The molecule has 0 aliphatic carbocycles. The minimum atomic E-state index is -0.0590. The van der Waals surface area contributed by atoms with E-state index in [0.29, 0.717) is 36.6 Å². The first-order valence-electron chi connectivity index (χ1n) is 6.17. The molecule has 2 rings (SSSR count). The van der Waals surface area contributed by atoms with Crippen molar-refractivity contribution >= 4 is 28.6 Å². The van der Waals surface area contributed by atoms with E-state index in [0.717, 1.165) is 0 Å². The second kappa shape index (κ2) is 6.65. The van der Waals surface area contributed by atoms with E-state index in [-0.39, 0.29) is 18.5 Å². The fraction of sp³-hybridized carbons (Fsp3) is 0.417. The first-order valence-corrected chi connectivity index (χ1v) is 6.55. The topological polar surface area (TPSA) is 87.3 Å². The lowest BCUT2D eigenvalue weighted by atomic mass is 10.4. The molecule has 2 aromatic heterocycles. The molecule has 108 valence electrons. The number of imidazole rings is 1. The van der Waals surface area contributed by atoms with Gasteiger partial charge in [-0.2, -0.15) is 9.97 Å². The van der Waals surface area contributed by atoms with Crippen LogP contribution in [-0.4, -0.2) is 56.0 Å². The number of anilines is 1. The van der Waals surface area contributed by atoms with E-state index < -0.39 is 0 Å². The monoisotopic (exact) mass is 297 g/mol. The highest BCUT2D eigenvalue weighted by Crippen LogP contribution is 2.24. The van der Waals surface area contributed by atoms with Crippen LogP contribution in [0.15, 0.2) is 19.0 Å². The number of hydrogen-bond acceptors (Lipinski definition) is 6. The largest absolute Gasteiger partial charge is 0.395 e. The summed E-state index contributed by atoms with van der Waals surface area (Å²) in [4.78, 5) is 14.4. The molecule has 0 atom stereocenters. The number of allylic oxidation sites excluding steroid dienone is 1. The number of aromatic nitrogens is 4. The van der Waals surface area contributed by atoms with E-state index in [2.05, 4.69) is 21.5 Å². The second-order valence-electron chi connectivity index (χ2n) is 4.11. The third-order valence-electron chi connectivity index (χ3n) is 2.78. The van der Waals surface area contributed by atoms with Gasteiger partial charge >= 0.3 is 0 Å². The van der Waals surface area contributed by atoms with Gasteiger partial charge in [0.2, 0.25) is 5.28 Å². The van der Waals surface area contributed by atoms with E-state index in [1.165, 1.54) is 0 Å². The molecule has 8 heteroatoms. The lowest BCUT2D eigenvalue weighted by Crippen LogP contribution is -2.30. The van der Waals surface area contributed by atoms with Gasteiger partial charge in [-0.05, 0) is 11.6 Å². The van der Waals surface area contributed by atoms with Gasteiger partial charge in [-0.25, -0.2) is 4.98 Å². The molecule has 7 nitrogen and oxygen atoms in total. The summed E-state index contributed by atoms with van der Waals surface area (Å²) in [5.41, 5.74) is 1.18. The first kappa shape index (κ1) is 14.7. The number of halogens is 1. The SMILES string of the molecule is C=CCn1cnc2c(N(CCO)CCO)nc(Cl)nc21. The highest BCUT2D eigenvalue weighted by atomic mass is 35.5. The molecule has 0 bridgehead atoms. The van der Waals surface area contributed by atoms with Crippen molar-refractivity contribution in [2.75, 3.05) is 31.2 Å². The summed E-state index contributed by atoms with van der Waals surface area (Å²) >= 11 is 5.96. The standard InChI is InChI=1S/C12H16ClN5O2/c1-2-3-18-8-14-9-10(15-12(13)16-11(9)18)17(4-6-19)5-7-20/h2,8,19-20H,1,3-7H2. The summed E-state index contributed by atoms with van der Waals surface area (Å²) in [5.74, 6) is 0.505. The van der Waals surface area contributed by atoms with E-state index in [1.54, 1.807) is 21.9 Å². The maximum Gasteiger partial charge on any atom is 0.226 e. The Morgan fingerprint density at radius 3 is 2.60 bits per heavy atom. The fourth-order valence-electron chi connectivity index (χ4n) is 1.96.